The molecule has 1 aromatic carbocycles. The van der Waals surface area contributed by atoms with Crippen LogP contribution in [0.25, 0.3) is 11.1 Å². The van der Waals surface area contributed by atoms with E-state index in [1.54, 1.807) is 0 Å². The van der Waals surface area contributed by atoms with Gasteiger partial charge in [0.15, 0.2) is 11.5 Å². The molecule has 0 N–H and O–H groups in total. The summed E-state index contributed by atoms with van der Waals surface area (Å²) in [7, 11) is 0. The molecule has 0 spiro atoms. The largest absolute Gasteiger partial charge is 0.439 e. The maximum atomic E-state index is 6.01. The Bertz CT molecular complexity index is 482. The minimum Gasteiger partial charge on any atom is -0.439 e. The van der Waals surface area contributed by atoms with Gasteiger partial charge in [0.1, 0.15) is 5.52 Å². The SMILES string of the molecule is CC(C)(C)Cc1nc2cccc(Cl)c2o1. The molecule has 0 aliphatic rings. The molecular formula is C12H14ClNO. The molecule has 2 aromatic rings. The van der Waals surface area contributed by atoms with Gasteiger partial charge in [-0.25, -0.2) is 4.98 Å². The highest BCUT2D eigenvalue weighted by atomic mass is 35.5. The van der Waals surface area contributed by atoms with Crippen molar-refractivity contribution < 1.29 is 4.42 Å². The van der Waals surface area contributed by atoms with Crippen molar-refractivity contribution in [3.63, 3.8) is 0 Å². The van der Waals surface area contributed by atoms with Crippen LogP contribution in [0.2, 0.25) is 5.02 Å². The minimum atomic E-state index is 0.174. The number of benzene rings is 1. The van der Waals surface area contributed by atoms with E-state index in [4.69, 9.17) is 16.0 Å². The van der Waals surface area contributed by atoms with E-state index < -0.39 is 0 Å². The van der Waals surface area contributed by atoms with Gasteiger partial charge in [0.25, 0.3) is 0 Å². The van der Waals surface area contributed by atoms with Crippen LogP contribution in [0.3, 0.4) is 0 Å². The van der Waals surface area contributed by atoms with Crippen molar-refractivity contribution in [2.45, 2.75) is 27.2 Å². The van der Waals surface area contributed by atoms with Gasteiger partial charge in [0, 0.05) is 6.42 Å². The van der Waals surface area contributed by atoms with Crippen molar-refractivity contribution in [1.82, 2.24) is 4.98 Å². The Morgan fingerprint density at radius 1 is 1.33 bits per heavy atom. The maximum absolute atomic E-state index is 6.01. The molecule has 0 aliphatic carbocycles. The Labute approximate surface area is 94.3 Å². The first kappa shape index (κ1) is 10.5. The first-order valence-electron chi connectivity index (χ1n) is 5.00. The van der Waals surface area contributed by atoms with Gasteiger partial charge in [0.2, 0.25) is 0 Å². The average Bonchev–Trinajstić information content (AvgIpc) is 2.45. The Kier molecular flexibility index (Phi) is 2.47. The maximum Gasteiger partial charge on any atom is 0.196 e. The van der Waals surface area contributed by atoms with Crippen LogP contribution >= 0.6 is 11.6 Å². The number of halogens is 1. The normalized spacial score (nSPS) is 12.3. The summed E-state index contributed by atoms with van der Waals surface area (Å²) in [5, 5.41) is 0.625. The molecule has 2 rings (SSSR count). The molecule has 3 heteroatoms. The lowest BCUT2D eigenvalue weighted by atomic mass is 9.92. The summed E-state index contributed by atoms with van der Waals surface area (Å²) in [5.41, 5.74) is 1.70. The molecular weight excluding hydrogens is 210 g/mol. The Balaban J connectivity index is 2.44. The van der Waals surface area contributed by atoms with Crippen molar-refractivity contribution in [2.75, 3.05) is 0 Å². The Hall–Kier alpha value is -1.02. The highest BCUT2D eigenvalue weighted by molar-refractivity contribution is 6.34. The van der Waals surface area contributed by atoms with Crippen LogP contribution in [-0.2, 0) is 6.42 Å². The highest BCUT2D eigenvalue weighted by Gasteiger charge is 2.16. The predicted molar refractivity (Wildman–Crippen MR) is 62.2 cm³/mol. The van der Waals surface area contributed by atoms with Crippen LogP contribution in [0.5, 0.6) is 0 Å². The number of oxazole rings is 1. The van der Waals surface area contributed by atoms with Gasteiger partial charge in [-0.2, -0.15) is 0 Å². The molecule has 0 fully saturated rings. The second kappa shape index (κ2) is 3.53. The fraction of sp³-hybridized carbons (Fsp3) is 0.417. The van der Waals surface area contributed by atoms with Crippen molar-refractivity contribution in [2.24, 2.45) is 5.41 Å². The summed E-state index contributed by atoms with van der Waals surface area (Å²) in [4.78, 5) is 4.41. The molecule has 0 saturated carbocycles. The monoisotopic (exact) mass is 223 g/mol. The number of aromatic nitrogens is 1. The number of hydrogen-bond acceptors (Lipinski definition) is 2. The van der Waals surface area contributed by atoms with Crippen molar-refractivity contribution in [1.29, 1.82) is 0 Å². The van der Waals surface area contributed by atoms with Gasteiger partial charge in [-0.05, 0) is 17.5 Å². The summed E-state index contributed by atoms with van der Waals surface area (Å²) >= 11 is 6.01. The van der Waals surface area contributed by atoms with Gasteiger partial charge in [-0.15, -0.1) is 0 Å². The summed E-state index contributed by atoms with van der Waals surface area (Å²) in [6.45, 7) is 6.47. The predicted octanol–water partition coefficient (Wildman–Crippen LogP) is 4.07. The number of rotatable bonds is 1. The topological polar surface area (TPSA) is 26.0 Å². The van der Waals surface area contributed by atoms with Gasteiger partial charge >= 0.3 is 0 Å². The summed E-state index contributed by atoms with van der Waals surface area (Å²) in [6.07, 6.45) is 0.817. The molecule has 1 aromatic heterocycles. The molecule has 80 valence electrons. The lowest BCUT2D eigenvalue weighted by molar-refractivity contribution is 0.362. The second-order valence-corrected chi connectivity index (χ2v) is 5.34. The van der Waals surface area contributed by atoms with Crippen molar-refractivity contribution in [3.05, 3.63) is 29.1 Å². The van der Waals surface area contributed by atoms with E-state index in [1.165, 1.54) is 0 Å². The smallest absolute Gasteiger partial charge is 0.196 e. The highest BCUT2D eigenvalue weighted by Crippen LogP contribution is 2.27. The van der Waals surface area contributed by atoms with Gasteiger partial charge < -0.3 is 4.42 Å². The number of para-hydroxylation sites is 1. The Morgan fingerprint density at radius 3 is 2.67 bits per heavy atom. The molecule has 0 radical (unpaired) electrons. The molecule has 15 heavy (non-hydrogen) atoms. The molecule has 0 unspecified atom stereocenters. The zero-order chi connectivity index (χ0) is 11.1. The molecule has 0 amide bonds. The minimum absolute atomic E-state index is 0.174. The quantitative estimate of drug-likeness (QED) is 0.729. The van der Waals surface area contributed by atoms with Gasteiger partial charge in [0.05, 0.1) is 5.02 Å². The van der Waals surface area contributed by atoms with E-state index in [1.807, 2.05) is 18.2 Å². The second-order valence-electron chi connectivity index (χ2n) is 4.93. The van der Waals surface area contributed by atoms with Crippen molar-refractivity contribution >= 4 is 22.7 Å². The van der Waals surface area contributed by atoms with E-state index >= 15 is 0 Å². The molecule has 2 nitrogen and oxygen atoms in total. The van der Waals surface area contributed by atoms with E-state index in [2.05, 4.69) is 25.8 Å². The first-order chi connectivity index (χ1) is 6.96. The summed E-state index contributed by atoms with van der Waals surface area (Å²) < 4.78 is 5.63. The van der Waals surface area contributed by atoms with E-state index in [0.717, 1.165) is 17.8 Å². The number of nitrogens with zero attached hydrogens (tertiary/aromatic N) is 1. The zero-order valence-electron chi connectivity index (χ0n) is 9.17. The van der Waals surface area contributed by atoms with Crippen LogP contribution in [0.15, 0.2) is 22.6 Å². The third kappa shape index (κ3) is 2.32. The van der Waals surface area contributed by atoms with Crippen LogP contribution in [-0.4, -0.2) is 4.98 Å². The lowest BCUT2D eigenvalue weighted by Crippen LogP contribution is -2.09. The molecule has 0 saturated heterocycles. The van der Waals surface area contributed by atoms with Crippen LogP contribution in [0, 0.1) is 5.41 Å². The third-order valence-electron chi connectivity index (χ3n) is 2.09. The molecule has 1 heterocycles. The zero-order valence-corrected chi connectivity index (χ0v) is 9.93. The fourth-order valence-electron chi connectivity index (χ4n) is 1.49. The molecule has 0 aliphatic heterocycles. The standard InChI is InChI=1S/C12H14ClNO/c1-12(2,3)7-10-14-9-6-4-5-8(13)11(9)15-10/h4-6H,7H2,1-3H3. The lowest BCUT2D eigenvalue weighted by Gasteiger charge is -2.14. The molecule has 0 atom stereocenters. The molecule has 0 bridgehead atoms. The fourth-order valence-corrected chi connectivity index (χ4v) is 1.70. The summed E-state index contributed by atoms with van der Waals surface area (Å²) in [6, 6.07) is 5.61. The van der Waals surface area contributed by atoms with E-state index in [0.29, 0.717) is 10.6 Å². The van der Waals surface area contributed by atoms with Crippen LogP contribution < -0.4 is 0 Å². The first-order valence-corrected chi connectivity index (χ1v) is 5.37. The van der Waals surface area contributed by atoms with E-state index in [9.17, 15) is 0 Å². The van der Waals surface area contributed by atoms with E-state index in [-0.39, 0.29) is 5.41 Å². The van der Waals surface area contributed by atoms with Crippen LogP contribution in [0.4, 0.5) is 0 Å². The average molecular weight is 224 g/mol. The van der Waals surface area contributed by atoms with Gasteiger partial charge in [-0.3, -0.25) is 0 Å². The third-order valence-corrected chi connectivity index (χ3v) is 2.39. The van der Waals surface area contributed by atoms with Crippen LogP contribution in [0.1, 0.15) is 26.7 Å². The van der Waals surface area contributed by atoms with Crippen molar-refractivity contribution in [3.8, 4) is 0 Å². The number of fused-ring (bicyclic) bond motifs is 1. The van der Waals surface area contributed by atoms with Gasteiger partial charge in [-0.1, -0.05) is 38.4 Å². The Morgan fingerprint density at radius 2 is 2.07 bits per heavy atom. The number of hydrogen-bond donors (Lipinski definition) is 0. The summed E-state index contributed by atoms with van der Waals surface area (Å²) in [5.74, 6) is 0.755.